The lowest BCUT2D eigenvalue weighted by Gasteiger charge is -2.23. The van der Waals surface area contributed by atoms with Gasteiger partial charge in [-0.05, 0) is 159 Å². The summed E-state index contributed by atoms with van der Waals surface area (Å²) in [6, 6.07) is 46.0. The molecule has 0 bridgehead atoms. The maximum atomic E-state index is 4.56. The van der Waals surface area contributed by atoms with E-state index in [0.717, 1.165) is 11.1 Å². The third-order valence-corrected chi connectivity index (χ3v) is 12.4. The van der Waals surface area contributed by atoms with Gasteiger partial charge in [-0.1, -0.05) is 88.4 Å². The van der Waals surface area contributed by atoms with Gasteiger partial charge in [-0.25, -0.2) is 0 Å². The number of hydrogen-bond acceptors (Lipinski definition) is 2. The largest absolute Gasteiger partial charge is 0.264 e. The normalized spacial score (nSPS) is 14.8. The zero-order chi connectivity index (χ0) is 34.9. The molecule has 0 radical (unpaired) electrons. The fourth-order valence-electron chi connectivity index (χ4n) is 9.71. The van der Waals surface area contributed by atoms with Crippen molar-refractivity contribution in [1.82, 2.24) is 9.97 Å². The molecule has 0 fully saturated rings. The van der Waals surface area contributed by atoms with Crippen molar-refractivity contribution in [2.45, 2.75) is 38.5 Å². The highest BCUT2D eigenvalue weighted by Crippen LogP contribution is 2.53. The first-order valence-corrected chi connectivity index (χ1v) is 18.3. The second-order valence-corrected chi connectivity index (χ2v) is 15.9. The Labute approximate surface area is 303 Å². The molecule has 2 aromatic heterocycles. The first-order chi connectivity index (χ1) is 25.3. The van der Waals surface area contributed by atoms with E-state index in [1.807, 2.05) is 36.9 Å². The minimum Gasteiger partial charge on any atom is -0.264 e. The van der Waals surface area contributed by atoms with Crippen LogP contribution in [0.5, 0.6) is 0 Å². The van der Waals surface area contributed by atoms with Crippen molar-refractivity contribution in [2.24, 2.45) is 0 Å². The van der Waals surface area contributed by atoms with Gasteiger partial charge in [0, 0.05) is 46.7 Å². The predicted octanol–water partition coefficient (Wildman–Crippen LogP) is 13.0. The van der Waals surface area contributed by atoms with Crippen molar-refractivity contribution in [3.05, 3.63) is 168 Å². The zero-order valence-corrected chi connectivity index (χ0v) is 29.8. The number of hydrogen-bond donors (Lipinski definition) is 0. The van der Waals surface area contributed by atoms with Crippen molar-refractivity contribution < 1.29 is 0 Å². The van der Waals surface area contributed by atoms with E-state index in [-0.39, 0.29) is 10.8 Å². The van der Waals surface area contributed by atoms with Gasteiger partial charge in [0.15, 0.2) is 0 Å². The van der Waals surface area contributed by atoms with E-state index in [1.165, 1.54) is 98.7 Å². The topological polar surface area (TPSA) is 25.8 Å². The number of nitrogens with zero attached hydrogens (tertiary/aromatic N) is 2. The van der Waals surface area contributed by atoms with Gasteiger partial charge in [-0.3, -0.25) is 9.97 Å². The number of benzene rings is 7. The second-order valence-electron chi connectivity index (χ2n) is 15.9. The zero-order valence-electron chi connectivity index (χ0n) is 29.8. The van der Waals surface area contributed by atoms with Gasteiger partial charge >= 0.3 is 0 Å². The van der Waals surface area contributed by atoms with E-state index in [0.29, 0.717) is 0 Å². The van der Waals surface area contributed by atoms with Gasteiger partial charge in [0.05, 0.1) is 0 Å². The summed E-state index contributed by atoms with van der Waals surface area (Å²) in [4.78, 5) is 9.12. The van der Waals surface area contributed by atoms with Gasteiger partial charge in [0.2, 0.25) is 0 Å². The first kappa shape index (κ1) is 29.6. The van der Waals surface area contributed by atoms with E-state index < -0.39 is 0 Å². The molecule has 2 heteroatoms. The van der Waals surface area contributed by atoms with Crippen LogP contribution in [-0.2, 0) is 10.8 Å². The Morgan fingerprint density at radius 3 is 1.25 bits per heavy atom. The van der Waals surface area contributed by atoms with E-state index in [2.05, 4.69) is 147 Å². The smallest absolute Gasteiger partial charge is 0.0346 e. The van der Waals surface area contributed by atoms with Crippen LogP contribution in [0.15, 0.2) is 146 Å². The molecule has 11 rings (SSSR count). The summed E-state index contributed by atoms with van der Waals surface area (Å²) in [6.07, 6.45) is 7.72. The quantitative estimate of drug-likeness (QED) is 0.136. The maximum Gasteiger partial charge on any atom is 0.0346 e. The van der Waals surface area contributed by atoms with Crippen LogP contribution >= 0.6 is 0 Å². The summed E-state index contributed by atoms with van der Waals surface area (Å²) >= 11 is 0. The highest BCUT2D eigenvalue weighted by atomic mass is 14.6. The standard InChI is InChI=1S/C50H36N2/c1-49(2)45-15-7-5-13-33(45)43-23-39-35(29-11-9-17-51-27-29)20-31-19-32-21-36(30-12-10-18-52-28-30)40-24-44-34-14-6-8-16-46(34)50(3,4)48(44)26-42(40)38(32)22-37(31)41(39)25-47(43)49/h5-28H,1-4H3. The Bertz CT molecular complexity index is 2790. The fraction of sp³-hybridized carbons (Fsp3) is 0.120. The summed E-state index contributed by atoms with van der Waals surface area (Å²) in [5, 5.41) is 10.1. The van der Waals surface area contributed by atoms with Gasteiger partial charge < -0.3 is 0 Å². The van der Waals surface area contributed by atoms with Crippen LogP contribution in [0, 0.1) is 0 Å². The summed E-state index contributed by atoms with van der Waals surface area (Å²) in [6.45, 7) is 9.50. The van der Waals surface area contributed by atoms with Gasteiger partial charge in [0.25, 0.3) is 0 Å². The average Bonchev–Trinajstić information content (AvgIpc) is 3.54. The van der Waals surface area contributed by atoms with E-state index in [1.54, 1.807) is 0 Å². The number of aromatic nitrogens is 2. The van der Waals surface area contributed by atoms with Crippen molar-refractivity contribution in [2.75, 3.05) is 0 Å². The Morgan fingerprint density at radius 2 is 0.808 bits per heavy atom. The molecule has 0 saturated heterocycles. The summed E-state index contributed by atoms with van der Waals surface area (Å²) in [7, 11) is 0. The van der Waals surface area contributed by atoms with Gasteiger partial charge in [-0.15, -0.1) is 0 Å². The van der Waals surface area contributed by atoms with Crippen LogP contribution in [-0.4, -0.2) is 9.97 Å². The number of pyridine rings is 2. The molecule has 246 valence electrons. The molecule has 2 heterocycles. The van der Waals surface area contributed by atoms with Crippen LogP contribution in [0.3, 0.4) is 0 Å². The highest BCUT2D eigenvalue weighted by Gasteiger charge is 2.37. The SMILES string of the molecule is CC1(C)c2ccccc2-c2cc3c(-c4cccnc4)cc4cc5cc(-c6cccnc6)c6cc7c(cc6c5cc4c3cc21)C(C)(C)c1ccccc1-7. The maximum absolute atomic E-state index is 4.56. The van der Waals surface area contributed by atoms with E-state index >= 15 is 0 Å². The summed E-state index contributed by atoms with van der Waals surface area (Å²) in [5.41, 5.74) is 15.4. The molecule has 2 aliphatic rings. The molecule has 0 N–H and O–H groups in total. The molecule has 0 saturated carbocycles. The highest BCUT2D eigenvalue weighted by molar-refractivity contribution is 6.23. The third kappa shape index (κ3) is 3.90. The van der Waals surface area contributed by atoms with Crippen molar-refractivity contribution >= 4 is 43.1 Å². The van der Waals surface area contributed by atoms with Crippen LogP contribution in [0.4, 0.5) is 0 Å². The average molecular weight is 665 g/mol. The van der Waals surface area contributed by atoms with Gasteiger partial charge in [-0.2, -0.15) is 0 Å². The Morgan fingerprint density at radius 1 is 0.346 bits per heavy atom. The lowest BCUT2D eigenvalue weighted by atomic mass is 9.80. The number of rotatable bonds is 2. The Hall–Kier alpha value is -6.12. The lowest BCUT2D eigenvalue weighted by Crippen LogP contribution is -2.14. The molecule has 0 atom stereocenters. The molecule has 52 heavy (non-hydrogen) atoms. The molecule has 7 aromatic carbocycles. The van der Waals surface area contributed by atoms with E-state index in [4.69, 9.17) is 0 Å². The molecular weight excluding hydrogens is 629 g/mol. The molecule has 2 aliphatic carbocycles. The summed E-state index contributed by atoms with van der Waals surface area (Å²) < 4.78 is 0. The molecular formula is C50H36N2. The van der Waals surface area contributed by atoms with Crippen molar-refractivity contribution in [3.63, 3.8) is 0 Å². The van der Waals surface area contributed by atoms with Crippen LogP contribution in [0.25, 0.3) is 87.6 Å². The minimum absolute atomic E-state index is 0.0972. The monoisotopic (exact) mass is 664 g/mol. The second kappa shape index (κ2) is 10.2. The van der Waals surface area contributed by atoms with Crippen molar-refractivity contribution in [1.29, 1.82) is 0 Å². The summed E-state index contributed by atoms with van der Waals surface area (Å²) in [5.74, 6) is 0. The third-order valence-electron chi connectivity index (χ3n) is 12.4. The van der Waals surface area contributed by atoms with Gasteiger partial charge in [0.1, 0.15) is 0 Å². The number of fused-ring (bicyclic) bond motifs is 12. The molecule has 0 amide bonds. The molecule has 0 spiro atoms. The molecule has 0 unspecified atom stereocenters. The first-order valence-electron chi connectivity index (χ1n) is 18.3. The Kier molecular flexibility index (Phi) is 5.83. The molecule has 9 aromatic rings. The van der Waals surface area contributed by atoms with Crippen LogP contribution < -0.4 is 0 Å². The lowest BCUT2D eigenvalue weighted by molar-refractivity contribution is 0.661. The minimum atomic E-state index is -0.0972. The molecule has 2 nitrogen and oxygen atoms in total. The Balaban J connectivity index is 1.29. The van der Waals surface area contributed by atoms with E-state index in [9.17, 15) is 0 Å². The van der Waals surface area contributed by atoms with Crippen LogP contribution in [0.1, 0.15) is 49.9 Å². The van der Waals surface area contributed by atoms with Crippen molar-refractivity contribution in [3.8, 4) is 44.5 Å². The molecule has 0 aliphatic heterocycles. The fourth-order valence-corrected chi connectivity index (χ4v) is 9.71. The predicted molar refractivity (Wildman–Crippen MR) is 218 cm³/mol. The van der Waals surface area contributed by atoms with Crippen LogP contribution in [0.2, 0.25) is 0 Å².